The maximum absolute atomic E-state index is 15.6. The van der Waals surface area contributed by atoms with E-state index < -0.39 is 124 Å². The zero-order valence-corrected chi connectivity index (χ0v) is 53.0. The molecule has 10 rings (SSSR count). The van der Waals surface area contributed by atoms with Gasteiger partial charge in [-0.3, -0.25) is 44.0 Å². The van der Waals surface area contributed by atoms with Crippen LogP contribution in [0.2, 0.25) is 0 Å². The molecule has 6 heterocycles. The maximum atomic E-state index is 15.6. The number of nitrogens with one attached hydrogen (secondary N) is 6. The van der Waals surface area contributed by atoms with E-state index in [-0.39, 0.29) is 24.7 Å². The van der Waals surface area contributed by atoms with Gasteiger partial charge in [0.15, 0.2) is 5.60 Å². The number of likely N-dealkylation sites (N-methyl/N-ethyl adjacent to an activating group) is 2. The van der Waals surface area contributed by atoms with Gasteiger partial charge < -0.3 is 70.7 Å². The molecule has 3 fully saturated rings. The SMILES string of the molecule is CC[C@]1(O)C[C@H]2CN(CCc3c([nH]c4ccccc34)[C@@](C(=O)OC)(c3cc4c(cc3OC)N(C)[C@H]3[C@@](O)(C(=O)NNC(=O)OCc5ccc(SSC[C@H](NC(=O)[C@H](CC(=O)O)NC(=O)[C@H](CC(=O)O)NC)C(=O)O)cc5)[C@H](O)[C@]5(CC)C=CCN6CC[C@]43[C@@H]65)C2)C1. The molecular formula is C63H79N9O17S2. The predicted octanol–water partition coefficient (Wildman–Crippen LogP) is 2.54. The third kappa shape index (κ3) is 11.9. The number of esters is 1. The van der Waals surface area contributed by atoms with Gasteiger partial charge in [-0.1, -0.05) is 77.9 Å². The van der Waals surface area contributed by atoms with Gasteiger partial charge in [0.05, 0.1) is 44.7 Å². The Labute approximate surface area is 532 Å². The first kappa shape index (κ1) is 66.5. The molecule has 2 saturated heterocycles. The second-order valence-corrected chi connectivity index (χ2v) is 27.2. The Balaban J connectivity index is 0.881. The van der Waals surface area contributed by atoms with Crippen molar-refractivity contribution in [2.75, 3.05) is 71.7 Å². The van der Waals surface area contributed by atoms with Crippen LogP contribution in [-0.2, 0) is 66.9 Å². The number of nitrogens with zero attached hydrogens (tertiary/aromatic N) is 3. The molecule has 490 valence electrons. The number of aliphatic hydroxyl groups excluding tert-OH is 1. The first-order valence-corrected chi connectivity index (χ1v) is 32.7. The zero-order valence-electron chi connectivity index (χ0n) is 51.4. The van der Waals surface area contributed by atoms with Crippen molar-refractivity contribution in [1.29, 1.82) is 0 Å². The van der Waals surface area contributed by atoms with E-state index >= 15 is 9.59 Å². The average Bonchev–Trinajstić information content (AvgIpc) is 1.51. The molecule has 1 spiro atoms. The Morgan fingerprint density at radius 1 is 0.835 bits per heavy atom. The van der Waals surface area contributed by atoms with Gasteiger partial charge in [0.2, 0.25) is 11.8 Å². The molecule has 1 saturated carbocycles. The summed E-state index contributed by atoms with van der Waals surface area (Å²) in [5.41, 5.74) is 1.97. The number of aliphatic hydroxyl groups is 3. The Kier molecular flexibility index (Phi) is 19.2. The second kappa shape index (κ2) is 26.3. The normalized spacial score (nSPS) is 28.8. The number of carboxylic acid groups (broad SMARTS) is 3. The van der Waals surface area contributed by atoms with Crippen LogP contribution >= 0.6 is 21.6 Å². The van der Waals surface area contributed by atoms with Crippen LogP contribution in [0.15, 0.2) is 77.7 Å². The molecule has 4 amide bonds. The fourth-order valence-electron chi connectivity index (χ4n) is 15.8. The predicted molar refractivity (Wildman–Crippen MR) is 334 cm³/mol. The number of carbonyl (C=O) groups excluding carboxylic acids is 5. The third-order valence-electron chi connectivity index (χ3n) is 19.8. The maximum Gasteiger partial charge on any atom is 0.426 e. The summed E-state index contributed by atoms with van der Waals surface area (Å²) in [5, 5.41) is 75.0. The van der Waals surface area contributed by atoms with Gasteiger partial charge in [-0.15, -0.1) is 0 Å². The number of carbonyl (C=O) groups is 8. The summed E-state index contributed by atoms with van der Waals surface area (Å²) in [6.45, 7) is 6.43. The van der Waals surface area contributed by atoms with Gasteiger partial charge in [0, 0.05) is 94.7 Å². The molecule has 2 bridgehead atoms. The van der Waals surface area contributed by atoms with Crippen molar-refractivity contribution < 1.29 is 83.2 Å². The van der Waals surface area contributed by atoms with Crippen LogP contribution in [0.5, 0.6) is 5.75 Å². The number of anilines is 1. The minimum absolute atomic E-state index is 0.193. The summed E-state index contributed by atoms with van der Waals surface area (Å²) in [5.74, 6) is -8.02. The lowest BCUT2D eigenvalue weighted by atomic mass is 9.47. The summed E-state index contributed by atoms with van der Waals surface area (Å²) in [4.78, 5) is 116. The van der Waals surface area contributed by atoms with Crippen molar-refractivity contribution in [3.63, 3.8) is 0 Å². The van der Waals surface area contributed by atoms with E-state index in [2.05, 4.69) is 41.6 Å². The van der Waals surface area contributed by atoms with Crippen LogP contribution in [0.4, 0.5) is 10.5 Å². The topological polar surface area (TPSA) is 371 Å². The Morgan fingerprint density at radius 2 is 1.54 bits per heavy atom. The molecule has 26 nitrogen and oxygen atoms in total. The number of aromatic nitrogens is 1. The molecule has 1 aromatic heterocycles. The van der Waals surface area contributed by atoms with Gasteiger partial charge in [-0.2, -0.15) is 0 Å². The molecular weight excluding hydrogens is 1220 g/mol. The summed E-state index contributed by atoms with van der Waals surface area (Å²) in [7, 11) is 8.16. The van der Waals surface area contributed by atoms with E-state index in [4.69, 9.17) is 19.3 Å². The van der Waals surface area contributed by atoms with E-state index in [1.807, 2.05) is 67.3 Å². The Morgan fingerprint density at radius 3 is 2.21 bits per heavy atom. The van der Waals surface area contributed by atoms with Crippen molar-refractivity contribution in [2.24, 2.45) is 11.3 Å². The van der Waals surface area contributed by atoms with Gasteiger partial charge in [-0.05, 0) is 99.0 Å². The number of para-hydroxylation sites is 1. The van der Waals surface area contributed by atoms with Gasteiger partial charge in [0.1, 0.15) is 36.0 Å². The van der Waals surface area contributed by atoms with Crippen molar-refractivity contribution in [3.8, 4) is 5.75 Å². The number of H-pyrrole nitrogens is 1. The molecule has 3 aromatic carbocycles. The smallest absolute Gasteiger partial charge is 0.426 e. The molecule has 13 atom stereocenters. The zero-order chi connectivity index (χ0) is 65.5. The third-order valence-corrected chi connectivity index (χ3v) is 22.2. The number of methoxy groups -OCH3 is 2. The molecule has 6 aliphatic rings. The molecule has 1 aliphatic carbocycles. The standard InChI is InChI=1S/C63H79N9O17S2/c1-7-59(85)28-35-29-62(57(83)88-6,49-38(18-22-71(30-35)33-59)37-12-9-10-13-41(37)65-49)40-24-39-45(27-46(40)87-5)70(4)54-61(39)20-23-72-21-11-19-60(8-2,53(61)72)55(81)63(54,86)56(82)68-69-58(84)89-31-34-14-16-36(17-15-34)91-90-32-44(52(79)80)67-51(78)43(26-48(75)76)66-50(77)42(64-3)25-47(73)74/h9-17,19,24,27,35,42-44,53-55,64-65,81,85-86H,7-8,18,20-23,25-26,28-33H2,1-6H3,(H,66,77)(H,67,78)(H,68,82)(H,69,84)(H,73,74)(H,75,76)(H,79,80)/t35-,42+,43+,44+,53+,54-,55-,59+,60-,61-,62+,63+/m1/s1. The van der Waals surface area contributed by atoms with Crippen LogP contribution in [-0.4, -0.2) is 207 Å². The highest BCUT2D eigenvalue weighted by molar-refractivity contribution is 8.76. The highest BCUT2D eigenvalue weighted by Crippen LogP contribution is 2.68. The largest absolute Gasteiger partial charge is 0.496 e. The lowest BCUT2D eigenvalue weighted by Gasteiger charge is -2.63. The Bertz CT molecular complexity index is 3540. The summed E-state index contributed by atoms with van der Waals surface area (Å²) >= 11 is 0. The number of carboxylic acids is 3. The van der Waals surface area contributed by atoms with Crippen LogP contribution in [0.25, 0.3) is 10.9 Å². The fourth-order valence-corrected chi connectivity index (χ4v) is 18.0. The van der Waals surface area contributed by atoms with Gasteiger partial charge in [0.25, 0.3) is 5.91 Å². The number of aromatic amines is 1. The number of fused-ring (bicyclic) bond motifs is 6. The number of piperidine rings is 1. The minimum Gasteiger partial charge on any atom is -0.496 e. The molecule has 1 unspecified atom stereocenters. The first-order valence-electron chi connectivity index (χ1n) is 30.4. The van der Waals surface area contributed by atoms with E-state index in [0.29, 0.717) is 98.0 Å². The van der Waals surface area contributed by atoms with E-state index in [9.17, 15) is 54.3 Å². The van der Waals surface area contributed by atoms with Crippen molar-refractivity contribution in [1.82, 2.24) is 41.6 Å². The molecule has 5 aliphatic heterocycles. The lowest BCUT2D eigenvalue weighted by molar-refractivity contribution is -0.204. The first-order chi connectivity index (χ1) is 43.4. The monoisotopic (exact) mass is 1300 g/mol. The van der Waals surface area contributed by atoms with Gasteiger partial charge >= 0.3 is 30.0 Å². The fraction of sp³-hybridized carbons (Fsp3) is 0.524. The summed E-state index contributed by atoms with van der Waals surface area (Å²) in [6, 6.07) is 12.2. The summed E-state index contributed by atoms with van der Waals surface area (Å²) < 4.78 is 17.9. The number of benzene rings is 3. The van der Waals surface area contributed by atoms with E-state index in [0.717, 1.165) is 43.6 Å². The quantitative estimate of drug-likeness (QED) is 0.0233. The average molecular weight is 1300 g/mol. The van der Waals surface area contributed by atoms with Crippen molar-refractivity contribution in [3.05, 3.63) is 101 Å². The highest BCUT2D eigenvalue weighted by Gasteiger charge is 2.79. The van der Waals surface area contributed by atoms with E-state index in [1.165, 1.54) is 21.3 Å². The number of ether oxygens (including phenoxy) is 3. The number of rotatable bonds is 22. The van der Waals surface area contributed by atoms with Crippen LogP contribution in [0.3, 0.4) is 0 Å². The number of aliphatic carboxylic acids is 3. The molecule has 4 aromatic rings. The van der Waals surface area contributed by atoms with Crippen LogP contribution in [0.1, 0.15) is 86.7 Å². The van der Waals surface area contributed by atoms with Gasteiger partial charge in [-0.25, -0.2) is 15.0 Å². The highest BCUT2D eigenvalue weighted by atomic mass is 33.1. The van der Waals surface area contributed by atoms with Crippen LogP contribution < -0.4 is 36.4 Å². The molecule has 28 heteroatoms. The number of hydrogen-bond acceptors (Lipinski definition) is 20. The number of amides is 4. The van der Waals surface area contributed by atoms with E-state index in [1.54, 1.807) is 31.3 Å². The molecule has 0 radical (unpaired) electrons. The molecule has 12 N–H and O–H groups in total. The molecule has 91 heavy (non-hydrogen) atoms. The van der Waals surface area contributed by atoms with Crippen molar-refractivity contribution in [2.45, 2.75) is 135 Å². The lowest BCUT2D eigenvalue weighted by Crippen LogP contribution is -2.82. The minimum atomic E-state index is -2.64. The number of hydrogen-bond donors (Lipinski definition) is 12. The Hall–Kier alpha value is -7.44. The number of hydrazine groups is 1. The summed E-state index contributed by atoms with van der Waals surface area (Å²) in [6.07, 6.45) is 1.92. The van der Waals surface area contributed by atoms with Crippen molar-refractivity contribution >= 4 is 85.9 Å². The van der Waals surface area contributed by atoms with Crippen LogP contribution in [0, 0.1) is 11.3 Å². The second-order valence-electron chi connectivity index (χ2n) is 24.8.